The second-order valence-corrected chi connectivity index (χ2v) is 4.06. The minimum absolute atomic E-state index is 0.516. The third-order valence-corrected chi connectivity index (χ3v) is 2.66. The summed E-state index contributed by atoms with van der Waals surface area (Å²) in [5.41, 5.74) is 0. The van der Waals surface area contributed by atoms with Crippen LogP contribution in [0.25, 0.3) is 0 Å². The molecule has 0 rings (SSSR count). The Kier molecular flexibility index (Phi) is 12.1. The van der Waals surface area contributed by atoms with Crippen LogP contribution >= 0.6 is 0 Å². The summed E-state index contributed by atoms with van der Waals surface area (Å²) in [4.78, 5) is 9.95. The van der Waals surface area contributed by atoms with Gasteiger partial charge in [-0.15, -0.1) is 0 Å². The van der Waals surface area contributed by atoms with E-state index in [1.807, 2.05) is 0 Å². The third-order valence-electron chi connectivity index (χ3n) is 2.66. The molecule has 0 heterocycles. The molecule has 1 atom stereocenters. The molecule has 3 nitrogen and oxygen atoms in total. The largest absolute Gasteiger partial charge is 0.427 e. The van der Waals surface area contributed by atoms with E-state index in [4.69, 9.17) is 4.74 Å². The van der Waals surface area contributed by atoms with Gasteiger partial charge in [0.25, 0.3) is 0 Å². The second kappa shape index (κ2) is 12.5. The van der Waals surface area contributed by atoms with E-state index in [1.165, 1.54) is 45.0 Å². The Labute approximate surface area is 99.5 Å². The fourth-order valence-electron chi connectivity index (χ4n) is 1.67. The zero-order valence-corrected chi connectivity index (χ0v) is 10.4. The van der Waals surface area contributed by atoms with E-state index in [2.05, 4.69) is 18.8 Å². The van der Waals surface area contributed by atoms with Crippen molar-refractivity contribution in [2.24, 2.45) is 0 Å². The monoisotopic (exact) mass is 228 g/mol. The minimum atomic E-state index is -0.516. The molecule has 0 aromatic rings. The van der Waals surface area contributed by atoms with Gasteiger partial charge in [-0.05, 0) is 6.42 Å². The van der Waals surface area contributed by atoms with Crippen LogP contribution in [0, 0.1) is 7.11 Å². The highest BCUT2D eigenvalue weighted by Gasteiger charge is 2.06. The quantitative estimate of drug-likeness (QED) is 0.377. The normalized spacial score (nSPS) is 12.4. The lowest BCUT2D eigenvalue weighted by Gasteiger charge is -2.11. The van der Waals surface area contributed by atoms with Crippen molar-refractivity contribution >= 4 is 6.47 Å². The van der Waals surface area contributed by atoms with Crippen LogP contribution in [-0.4, -0.2) is 12.8 Å². The third kappa shape index (κ3) is 9.97. The smallest absolute Gasteiger partial charge is 0.419 e. The Balaban J connectivity index is 3.15. The maximum Gasteiger partial charge on any atom is 0.419 e. The number of hydrogen-bond donors (Lipinski definition) is 0. The van der Waals surface area contributed by atoms with E-state index in [9.17, 15) is 4.79 Å². The lowest BCUT2D eigenvalue weighted by atomic mass is 10.1. The van der Waals surface area contributed by atoms with Crippen LogP contribution in [0.1, 0.15) is 64.7 Å². The Morgan fingerprint density at radius 1 is 1.06 bits per heavy atom. The molecule has 3 heteroatoms. The Morgan fingerprint density at radius 2 is 1.62 bits per heavy atom. The zero-order valence-electron chi connectivity index (χ0n) is 10.4. The summed E-state index contributed by atoms with van der Waals surface area (Å²) >= 11 is 0. The predicted molar refractivity (Wildman–Crippen MR) is 64.2 cm³/mol. The average molecular weight is 228 g/mol. The van der Waals surface area contributed by atoms with Crippen molar-refractivity contribution < 1.29 is 14.3 Å². The molecule has 94 valence electrons. The molecule has 0 spiro atoms. The molecule has 0 aliphatic carbocycles. The molecule has 0 N–H and O–H groups in total. The van der Waals surface area contributed by atoms with Crippen molar-refractivity contribution in [1.29, 1.82) is 0 Å². The van der Waals surface area contributed by atoms with Crippen molar-refractivity contribution in [2.75, 3.05) is 0 Å². The van der Waals surface area contributed by atoms with Crippen LogP contribution in [0.2, 0.25) is 0 Å². The average Bonchev–Trinajstić information content (AvgIpc) is 2.31. The summed E-state index contributed by atoms with van der Waals surface area (Å²) in [7, 11) is 3.25. The van der Waals surface area contributed by atoms with E-state index >= 15 is 0 Å². The van der Waals surface area contributed by atoms with Gasteiger partial charge in [-0.3, -0.25) is 0 Å². The van der Waals surface area contributed by atoms with Crippen LogP contribution in [-0.2, 0) is 14.3 Å². The minimum Gasteiger partial charge on any atom is -0.427 e. The second-order valence-electron chi connectivity index (χ2n) is 4.06. The van der Waals surface area contributed by atoms with Crippen LogP contribution in [0.5, 0.6) is 0 Å². The number of rotatable bonds is 12. The first-order valence-corrected chi connectivity index (χ1v) is 6.28. The summed E-state index contributed by atoms with van der Waals surface area (Å²) in [6.07, 6.45) is 10.2. The van der Waals surface area contributed by atoms with Crippen molar-refractivity contribution in [3.05, 3.63) is 7.11 Å². The van der Waals surface area contributed by atoms with Crippen LogP contribution < -0.4 is 0 Å². The van der Waals surface area contributed by atoms with Crippen molar-refractivity contribution in [2.45, 2.75) is 71.0 Å². The summed E-state index contributed by atoms with van der Waals surface area (Å²) in [5.74, 6) is 0. The number of ether oxygens (including phenoxy) is 2. The number of carbonyl (C=O) groups excluding carboxylic acids is 1. The highest BCUT2D eigenvalue weighted by molar-refractivity contribution is 5.38. The van der Waals surface area contributed by atoms with Gasteiger partial charge in [0.1, 0.15) is 0 Å². The van der Waals surface area contributed by atoms with Gasteiger partial charge < -0.3 is 9.47 Å². The van der Waals surface area contributed by atoms with Gasteiger partial charge in [0.15, 0.2) is 0 Å². The molecular formula is C13H24O3. The molecule has 0 fully saturated rings. The molecule has 2 radical (unpaired) electrons. The SMILES string of the molecule is [CH2]OC(CCCCCCCCCC)O[C]=O. The number of hydrogen-bond acceptors (Lipinski definition) is 3. The Hall–Kier alpha value is -0.570. The topological polar surface area (TPSA) is 35.5 Å². The highest BCUT2D eigenvalue weighted by atomic mass is 16.7. The zero-order chi connectivity index (χ0) is 12.1. The maximum atomic E-state index is 9.95. The lowest BCUT2D eigenvalue weighted by Crippen LogP contribution is -2.12. The molecule has 16 heavy (non-hydrogen) atoms. The molecule has 0 bridgehead atoms. The summed E-state index contributed by atoms with van der Waals surface area (Å²) < 4.78 is 9.28. The van der Waals surface area contributed by atoms with E-state index in [1.54, 1.807) is 0 Å². The molecule has 0 aliphatic heterocycles. The standard InChI is InChI=1S/C13H24O3/c1-3-4-5-6-7-8-9-10-11-13(15-2)16-12-14/h13H,2-11H2,1H3. The van der Waals surface area contributed by atoms with Gasteiger partial charge in [0.05, 0.1) is 7.11 Å². The first-order valence-electron chi connectivity index (χ1n) is 6.28. The molecule has 0 saturated heterocycles. The van der Waals surface area contributed by atoms with Crippen LogP contribution in [0.15, 0.2) is 0 Å². The van der Waals surface area contributed by atoms with Crippen molar-refractivity contribution in [3.63, 3.8) is 0 Å². The van der Waals surface area contributed by atoms with Crippen molar-refractivity contribution in [3.8, 4) is 0 Å². The fourth-order valence-corrected chi connectivity index (χ4v) is 1.67. The Bertz CT molecular complexity index is 148. The fraction of sp³-hybridized carbons (Fsp3) is 0.846. The van der Waals surface area contributed by atoms with E-state index in [0.29, 0.717) is 6.42 Å². The van der Waals surface area contributed by atoms with Crippen molar-refractivity contribution in [1.82, 2.24) is 0 Å². The maximum absolute atomic E-state index is 9.95. The molecule has 0 aromatic heterocycles. The van der Waals surface area contributed by atoms with E-state index in [0.717, 1.165) is 12.8 Å². The van der Waals surface area contributed by atoms with Gasteiger partial charge in [-0.2, -0.15) is 0 Å². The molecule has 0 aromatic carbocycles. The summed E-state index contributed by atoms with van der Waals surface area (Å²) in [5, 5.41) is 0. The van der Waals surface area contributed by atoms with Gasteiger partial charge in [-0.25, -0.2) is 4.79 Å². The van der Waals surface area contributed by atoms with Gasteiger partial charge in [0, 0.05) is 6.42 Å². The van der Waals surface area contributed by atoms with Gasteiger partial charge >= 0.3 is 6.47 Å². The van der Waals surface area contributed by atoms with E-state index < -0.39 is 6.29 Å². The lowest BCUT2D eigenvalue weighted by molar-refractivity contribution is -0.0508. The number of unbranched alkanes of at least 4 members (excludes halogenated alkanes) is 7. The predicted octanol–water partition coefficient (Wildman–Crippen LogP) is 3.74. The highest BCUT2D eigenvalue weighted by Crippen LogP contribution is 2.11. The summed E-state index contributed by atoms with van der Waals surface area (Å²) in [6.45, 7) is 3.60. The molecule has 1 unspecified atom stereocenters. The summed E-state index contributed by atoms with van der Waals surface area (Å²) in [6, 6.07) is 0. The molecule has 0 aliphatic rings. The van der Waals surface area contributed by atoms with Gasteiger partial charge in [0.2, 0.25) is 6.29 Å². The van der Waals surface area contributed by atoms with Crippen LogP contribution in [0.3, 0.4) is 0 Å². The first kappa shape index (κ1) is 15.4. The van der Waals surface area contributed by atoms with Gasteiger partial charge in [-0.1, -0.05) is 51.9 Å². The first-order chi connectivity index (χ1) is 7.85. The molecule has 0 amide bonds. The Morgan fingerprint density at radius 3 is 2.12 bits per heavy atom. The molecule has 0 saturated carbocycles. The van der Waals surface area contributed by atoms with E-state index in [-0.39, 0.29) is 0 Å². The molecular weight excluding hydrogens is 204 g/mol. The van der Waals surface area contributed by atoms with Crippen LogP contribution in [0.4, 0.5) is 0 Å².